The second-order valence-electron chi connectivity index (χ2n) is 7.16. The molecule has 0 spiro atoms. The third kappa shape index (κ3) is 3.56. The van der Waals surface area contributed by atoms with Crippen LogP contribution in [0.15, 0.2) is 42.6 Å². The minimum atomic E-state index is 0.515. The van der Waals surface area contributed by atoms with Crippen molar-refractivity contribution in [3.8, 4) is 0 Å². The largest absolute Gasteiger partial charge is 0.336 e. The summed E-state index contributed by atoms with van der Waals surface area (Å²) in [5, 5.41) is 16.2. The zero-order chi connectivity index (χ0) is 20.7. The van der Waals surface area contributed by atoms with Gasteiger partial charge in [0.1, 0.15) is 0 Å². The molecule has 5 rings (SSSR count). The maximum absolute atomic E-state index is 6.28. The fraction of sp³-hybridized carbons (Fsp3) is 0.190. The van der Waals surface area contributed by atoms with Crippen molar-refractivity contribution < 1.29 is 0 Å². The van der Waals surface area contributed by atoms with Gasteiger partial charge in [-0.25, -0.2) is 9.67 Å². The molecule has 0 amide bonds. The molecule has 0 aliphatic carbocycles. The average Bonchev–Trinajstić information content (AvgIpc) is 3.06. The topological polar surface area (TPSA) is 79.7 Å². The summed E-state index contributed by atoms with van der Waals surface area (Å²) >= 11 is 12.6. The summed E-state index contributed by atoms with van der Waals surface area (Å²) in [7, 11) is 1.84. The van der Waals surface area contributed by atoms with Gasteiger partial charge in [-0.2, -0.15) is 10.1 Å². The number of nitrogens with one attached hydrogen (secondary N) is 3. The summed E-state index contributed by atoms with van der Waals surface area (Å²) in [4.78, 5) is 9.13. The molecule has 0 saturated carbocycles. The number of benzene rings is 2. The molecular formula is C21H19Cl2N7. The molecule has 0 atom stereocenters. The Morgan fingerprint density at radius 3 is 2.73 bits per heavy atom. The van der Waals surface area contributed by atoms with Crippen molar-refractivity contribution in [2.75, 3.05) is 17.2 Å². The van der Waals surface area contributed by atoms with Crippen molar-refractivity contribution in [2.24, 2.45) is 7.05 Å². The number of rotatable bonds is 4. The molecule has 0 fully saturated rings. The first-order chi connectivity index (χ1) is 14.6. The molecule has 0 unspecified atom stereocenters. The molecule has 7 nitrogen and oxygen atoms in total. The van der Waals surface area contributed by atoms with E-state index in [9.17, 15) is 0 Å². The molecule has 3 heterocycles. The highest BCUT2D eigenvalue weighted by Crippen LogP contribution is 2.34. The van der Waals surface area contributed by atoms with Crippen molar-refractivity contribution in [1.82, 2.24) is 25.1 Å². The molecule has 0 bridgehead atoms. The van der Waals surface area contributed by atoms with Crippen molar-refractivity contribution >= 4 is 57.4 Å². The van der Waals surface area contributed by atoms with Gasteiger partial charge in [-0.3, -0.25) is 0 Å². The fourth-order valence-corrected chi connectivity index (χ4v) is 4.10. The smallest absolute Gasteiger partial charge is 0.229 e. The number of aryl methyl sites for hydroxylation is 1. The number of para-hydroxylation sites is 1. The summed E-state index contributed by atoms with van der Waals surface area (Å²) in [5.74, 6) is 1.11. The monoisotopic (exact) mass is 439 g/mol. The van der Waals surface area contributed by atoms with Crippen LogP contribution < -0.4 is 16.0 Å². The highest BCUT2D eigenvalue weighted by atomic mass is 35.5. The molecule has 4 aromatic rings. The number of aromatic nitrogens is 4. The van der Waals surface area contributed by atoms with E-state index in [0.29, 0.717) is 33.1 Å². The Morgan fingerprint density at radius 2 is 1.90 bits per heavy atom. The van der Waals surface area contributed by atoms with E-state index < -0.39 is 0 Å². The lowest BCUT2D eigenvalue weighted by Crippen LogP contribution is -2.23. The predicted octanol–water partition coefficient (Wildman–Crippen LogP) is 4.80. The van der Waals surface area contributed by atoms with Crippen LogP contribution in [0.25, 0.3) is 11.0 Å². The summed E-state index contributed by atoms with van der Waals surface area (Å²) in [6.07, 6.45) is 2.76. The molecule has 0 radical (unpaired) electrons. The first-order valence-corrected chi connectivity index (χ1v) is 10.3. The lowest BCUT2D eigenvalue weighted by Gasteiger charge is -2.18. The zero-order valence-corrected chi connectivity index (χ0v) is 17.7. The Balaban J connectivity index is 1.45. The molecule has 2 aromatic heterocycles. The Morgan fingerprint density at radius 1 is 1.07 bits per heavy atom. The molecule has 30 heavy (non-hydrogen) atoms. The summed E-state index contributed by atoms with van der Waals surface area (Å²) in [5.41, 5.74) is 4.96. The van der Waals surface area contributed by atoms with Gasteiger partial charge in [-0.15, -0.1) is 0 Å². The Bertz CT molecular complexity index is 1230. The quantitative estimate of drug-likeness (QED) is 0.423. The molecule has 3 N–H and O–H groups in total. The Hall–Kier alpha value is -2.87. The van der Waals surface area contributed by atoms with E-state index >= 15 is 0 Å². The van der Waals surface area contributed by atoms with Crippen LogP contribution >= 0.6 is 23.2 Å². The van der Waals surface area contributed by atoms with Crippen LogP contribution in [0.2, 0.25) is 10.0 Å². The molecule has 1 aliphatic heterocycles. The van der Waals surface area contributed by atoms with Crippen LogP contribution in [-0.4, -0.2) is 26.3 Å². The second kappa shape index (κ2) is 7.75. The molecule has 2 aromatic carbocycles. The van der Waals surface area contributed by atoms with Gasteiger partial charge >= 0.3 is 0 Å². The van der Waals surface area contributed by atoms with E-state index in [1.165, 1.54) is 11.1 Å². The molecule has 9 heteroatoms. The highest BCUT2D eigenvalue weighted by molar-refractivity contribution is 6.39. The van der Waals surface area contributed by atoms with E-state index in [2.05, 4.69) is 49.2 Å². The van der Waals surface area contributed by atoms with E-state index in [0.717, 1.165) is 30.6 Å². The maximum atomic E-state index is 6.28. The van der Waals surface area contributed by atoms with Crippen LogP contribution in [0, 0.1) is 0 Å². The van der Waals surface area contributed by atoms with Crippen molar-refractivity contribution in [3.63, 3.8) is 0 Å². The van der Waals surface area contributed by atoms with Crippen molar-refractivity contribution in [3.05, 3.63) is 63.8 Å². The summed E-state index contributed by atoms with van der Waals surface area (Å²) in [6, 6.07) is 11.7. The number of fused-ring (bicyclic) bond motifs is 2. The fourth-order valence-electron chi connectivity index (χ4n) is 3.61. The van der Waals surface area contributed by atoms with Crippen LogP contribution in [0.5, 0.6) is 0 Å². The van der Waals surface area contributed by atoms with Crippen LogP contribution in [0.1, 0.15) is 11.1 Å². The predicted molar refractivity (Wildman–Crippen MR) is 121 cm³/mol. The number of nitrogens with zero attached hydrogens (tertiary/aromatic N) is 4. The van der Waals surface area contributed by atoms with E-state index in [-0.39, 0.29) is 0 Å². The second-order valence-corrected chi connectivity index (χ2v) is 7.97. The van der Waals surface area contributed by atoms with Gasteiger partial charge in [0.2, 0.25) is 5.95 Å². The standard InChI is InChI=1S/C21H19Cl2N7/c1-30-20-15(19(29-30)27-18-16(22)3-2-4-17(18)23)11-25-21(28-20)26-14-6-5-13-10-24-8-7-12(13)9-14/h2-6,9,11,24H,7-8,10H2,1H3,(H,27,29)(H,25,26,28). The van der Waals surface area contributed by atoms with Gasteiger partial charge in [0.15, 0.2) is 11.5 Å². The van der Waals surface area contributed by atoms with Crippen molar-refractivity contribution in [2.45, 2.75) is 13.0 Å². The lowest BCUT2D eigenvalue weighted by atomic mass is 10.0. The Kier molecular flexibility index (Phi) is 4.94. The highest BCUT2D eigenvalue weighted by Gasteiger charge is 2.15. The SMILES string of the molecule is Cn1nc(Nc2c(Cl)cccc2Cl)c2cnc(Nc3ccc4c(c3)CCNC4)nc21. The Labute approximate surface area is 183 Å². The van der Waals surface area contributed by atoms with Crippen LogP contribution in [-0.2, 0) is 20.0 Å². The molecule has 0 saturated heterocycles. The van der Waals surface area contributed by atoms with Gasteiger partial charge in [0, 0.05) is 25.5 Å². The minimum Gasteiger partial charge on any atom is -0.336 e. The van der Waals surface area contributed by atoms with E-state index in [1.807, 2.05) is 7.05 Å². The first kappa shape index (κ1) is 19.1. The summed E-state index contributed by atoms with van der Waals surface area (Å²) in [6.45, 7) is 1.91. The first-order valence-electron chi connectivity index (χ1n) is 9.59. The van der Waals surface area contributed by atoms with Gasteiger partial charge in [-0.1, -0.05) is 35.3 Å². The number of hydrogen-bond acceptors (Lipinski definition) is 6. The van der Waals surface area contributed by atoms with E-state index in [4.69, 9.17) is 23.2 Å². The van der Waals surface area contributed by atoms with Gasteiger partial charge in [-0.05, 0) is 48.4 Å². The number of hydrogen-bond donors (Lipinski definition) is 3. The van der Waals surface area contributed by atoms with Gasteiger partial charge in [0.25, 0.3) is 0 Å². The maximum Gasteiger partial charge on any atom is 0.229 e. The summed E-state index contributed by atoms with van der Waals surface area (Å²) < 4.78 is 1.70. The van der Waals surface area contributed by atoms with Crippen molar-refractivity contribution in [1.29, 1.82) is 0 Å². The number of halogens is 2. The molecule has 1 aliphatic rings. The lowest BCUT2D eigenvalue weighted by molar-refractivity contribution is 0.644. The average molecular weight is 440 g/mol. The van der Waals surface area contributed by atoms with E-state index in [1.54, 1.807) is 29.1 Å². The molecular weight excluding hydrogens is 421 g/mol. The third-order valence-electron chi connectivity index (χ3n) is 5.14. The van der Waals surface area contributed by atoms with Crippen LogP contribution in [0.4, 0.5) is 23.1 Å². The minimum absolute atomic E-state index is 0.515. The third-order valence-corrected chi connectivity index (χ3v) is 5.77. The zero-order valence-electron chi connectivity index (χ0n) is 16.2. The number of anilines is 4. The normalized spacial score (nSPS) is 13.3. The van der Waals surface area contributed by atoms with Crippen LogP contribution in [0.3, 0.4) is 0 Å². The molecule has 152 valence electrons. The van der Waals surface area contributed by atoms with Gasteiger partial charge < -0.3 is 16.0 Å². The van der Waals surface area contributed by atoms with Gasteiger partial charge in [0.05, 0.1) is 21.1 Å².